The van der Waals surface area contributed by atoms with Crippen LogP contribution in [0.5, 0.6) is 0 Å². The van der Waals surface area contributed by atoms with Gasteiger partial charge in [0.25, 0.3) is 5.91 Å². The van der Waals surface area contributed by atoms with Crippen molar-refractivity contribution in [2.75, 3.05) is 6.61 Å². The molecular formula is C9H11N3O2. The van der Waals surface area contributed by atoms with Crippen LogP contribution in [0.25, 0.3) is 0 Å². The molecule has 1 aromatic heterocycles. The molecule has 0 fully saturated rings. The first-order valence-corrected chi connectivity index (χ1v) is 4.08. The largest absolute Gasteiger partial charge is 0.394 e. The number of amides is 1. The maximum Gasteiger partial charge on any atom is 0.272 e. The van der Waals surface area contributed by atoms with Crippen LogP contribution in [-0.4, -0.2) is 33.6 Å². The molecule has 0 aromatic carbocycles. The van der Waals surface area contributed by atoms with Gasteiger partial charge in [-0.25, -0.2) is 4.98 Å². The highest BCUT2D eigenvalue weighted by Crippen LogP contribution is 1.92. The summed E-state index contributed by atoms with van der Waals surface area (Å²) in [7, 11) is 0. The van der Waals surface area contributed by atoms with Crippen molar-refractivity contribution in [3.63, 3.8) is 0 Å². The molecule has 1 atom stereocenters. The van der Waals surface area contributed by atoms with E-state index in [-0.39, 0.29) is 18.2 Å². The fourth-order valence-corrected chi connectivity index (χ4v) is 0.838. The molecule has 14 heavy (non-hydrogen) atoms. The molecular weight excluding hydrogens is 182 g/mol. The van der Waals surface area contributed by atoms with Gasteiger partial charge in [-0.3, -0.25) is 9.78 Å². The summed E-state index contributed by atoms with van der Waals surface area (Å²) in [5.41, 5.74) is 0.216. The summed E-state index contributed by atoms with van der Waals surface area (Å²) in [6.07, 6.45) is 5.71. The Bertz CT molecular complexity index is 313. The minimum Gasteiger partial charge on any atom is -0.394 e. The minimum atomic E-state index is -0.454. The van der Waals surface area contributed by atoms with Crippen molar-refractivity contribution < 1.29 is 9.90 Å². The molecule has 74 valence electrons. The van der Waals surface area contributed by atoms with Gasteiger partial charge in [-0.05, 0) is 0 Å². The van der Waals surface area contributed by atoms with Crippen molar-refractivity contribution in [3.05, 3.63) is 36.9 Å². The van der Waals surface area contributed by atoms with Crippen molar-refractivity contribution in [1.82, 2.24) is 15.3 Å². The Balaban J connectivity index is 2.63. The molecule has 1 heterocycles. The maximum absolute atomic E-state index is 11.4. The third-order valence-electron chi connectivity index (χ3n) is 1.59. The fraction of sp³-hybridized carbons (Fsp3) is 0.222. The Morgan fingerprint density at radius 2 is 2.50 bits per heavy atom. The van der Waals surface area contributed by atoms with Gasteiger partial charge in [-0.1, -0.05) is 6.08 Å². The van der Waals surface area contributed by atoms with E-state index >= 15 is 0 Å². The summed E-state index contributed by atoms with van der Waals surface area (Å²) >= 11 is 0. The minimum absolute atomic E-state index is 0.185. The molecule has 5 heteroatoms. The summed E-state index contributed by atoms with van der Waals surface area (Å²) in [4.78, 5) is 19.0. The van der Waals surface area contributed by atoms with Crippen LogP contribution in [-0.2, 0) is 0 Å². The van der Waals surface area contributed by atoms with E-state index < -0.39 is 6.04 Å². The van der Waals surface area contributed by atoms with Crippen molar-refractivity contribution in [1.29, 1.82) is 0 Å². The Labute approximate surface area is 81.5 Å². The lowest BCUT2D eigenvalue weighted by Crippen LogP contribution is -2.36. The fourth-order valence-electron chi connectivity index (χ4n) is 0.838. The van der Waals surface area contributed by atoms with Gasteiger partial charge in [0.05, 0.1) is 18.8 Å². The Morgan fingerprint density at radius 3 is 3.00 bits per heavy atom. The van der Waals surface area contributed by atoms with Crippen LogP contribution in [0.2, 0.25) is 0 Å². The van der Waals surface area contributed by atoms with E-state index in [0.29, 0.717) is 0 Å². The van der Waals surface area contributed by atoms with Crippen LogP contribution in [0.1, 0.15) is 10.5 Å². The van der Waals surface area contributed by atoms with Gasteiger partial charge >= 0.3 is 0 Å². The number of rotatable bonds is 4. The van der Waals surface area contributed by atoms with Crippen LogP contribution in [0.4, 0.5) is 0 Å². The van der Waals surface area contributed by atoms with Crippen molar-refractivity contribution in [2.24, 2.45) is 0 Å². The molecule has 1 unspecified atom stereocenters. The molecule has 1 rings (SSSR count). The lowest BCUT2D eigenvalue weighted by molar-refractivity contribution is 0.0924. The number of nitrogens with one attached hydrogen (secondary N) is 1. The first-order chi connectivity index (χ1) is 6.77. The van der Waals surface area contributed by atoms with E-state index in [4.69, 9.17) is 5.11 Å². The molecule has 0 bridgehead atoms. The van der Waals surface area contributed by atoms with Crippen molar-refractivity contribution in [3.8, 4) is 0 Å². The smallest absolute Gasteiger partial charge is 0.272 e. The average molecular weight is 193 g/mol. The first-order valence-electron chi connectivity index (χ1n) is 4.08. The number of aromatic nitrogens is 2. The highest BCUT2D eigenvalue weighted by molar-refractivity contribution is 5.92. The normalized spacial score (nSPS) is 11.8. The zero-order valence-corrected chi connectivity index (χ0v) is 7.55. The number of aliphatic hydroxyl groups is 1. The Kier molecular flexibility index (Phi) is 3.75. The number of carbonyl (C=O) groups excluding carboxylic acids is 1. The SMILES string of the molecule is C=CC(CO)NC(=O)c1cnccn1. The highest BCUT2D eigenvalue weighted by atomic mass is 16.3. The lowest BCUT2D eigenvalue weighted by atomic mass is 10.3. The maximum atomic E-state index is 11.4. The summed E-state index contributed by atoms with van der Waals surface area (Å²) in [5.74, 6) is -0.378. The van der Waals surface area contributed by atoms with E-state index in [1.54, 1.807) is 0 Å². The topological polar surface area (TPSA) is 75.1 Å². The molecule has 0 saturated heterocycles. The summed E-state index contributed by atoms with van der Waals surface area (Å²) in [6.45, 7) is 3.28. The second-order valence-electron chi connectivity index (χ2n) is 2.59. The molecule has 0 radical (unpaired) electrons. The van der Waals surface area contributed by atoms with Crippen molar-refractivity contribution >= 4 is 5.91 Å². The average Bonchev–Trinajstić information content (AvgIpc) is 2.26. The van der Waals surface area contributed by atoms with E-state index in [9.17, 15) is 4.79 Å². The molecule has 0 spiro atoms. The highest BCUT2D eigenvalue weighted by Gasteiger charge is 2.10. The quantitative estimate of drug-likeness (QED) is 0.647. The Morgan fingerprint density at radius 1 is 1.71 bits per heavy atom. The number of hydrogen-bond donors (Lipinski definition) is 2. The molecule has 0 aliphatic heterocycles. The summed E-state index contributed by atoms with van der Waals surface area (Å²) < 4.78 is 0. The number of carbonyl (C=O) groups is 1. The number of aliphatic hydroxyl groups excluding tert-OH is 1. The zero-order valence-electron chi connectivity index (χ0n) is 7.55. The molecule has 0 saturated carbocycles. The molecule has 0 aliphatic rings. The Hall–Kier alpha value is -1.75. The predicted octanol–water partition coefficient (Wildman–Crippen LogP) is -0.247. The van der Waals surface area contributed by atoms with Crippen LogP contribution in [0.15, 0.2) is 31.2 Å². The number of hydrogen-bond acceptors (Lipinski definition) is 4. The molecule has 2 N–H and O–H groups in total. The molecule has 1 amide bonds. The summed E-state index contributed by atoms with van der Waals surface area (Å²) in [5, 5.41) is 11.3. The molecule has 0 aliphatic carbocycles. The zero-order chi connectivity index (χ0) is 10.4. The third-order valence-corrected chi connectivity index (χ3v) is 1.59. The van der Waals surface area contributed by atoms with Crippen LogP contribution < -0.4 is 5.32 Å². The second-order valence-corrected chi connectivity index (χ2v) is 2.59. The molecule has 5 nitrogen and oxygen atoms in total. The van der Waals surface area contributed by atoms with Crippen LogP contribution >= 0.6 is 0 Å². The van der Waals surface area contributed by atoms with Gasteiger partial charge in [-0.2, -0.15) is 0 Å². The summed E-state index contributed by atoms with van der Waals surface area (Å²) in [6, 6.07) is -0.454. The van der Waals surface area contributed by atoms with E-state index in [0.717, 1.165) is 0 Å². The van der Waals surface area contributed by atoms with Gasteiger partial charge in [0, 0.05) is 12.4 Å². The van der Waals surface area contributed by atoms with Gasteiger partial charge in [0.2, 0.25) is 0 Å². The monoisotopic (exact) mass is 193 g/mol. The van der Waals surface area contributed by atoms with Gasteiger partial charge in [0.15, 0.2) is 0 Å². The first kappa shape index (κ1) is 10.3. The third kappa shape index (κ3) is 2.63. The van der Waals surface area contributed by atoms with Crippen LogP contribution in [0, 0.1) is 0 Å². The van der Waals surface area contributed by atoms with E-state index in [1.165, 1.54) is 24.7 Å². The number of nitrogens with zero attached hydrogens (tertiary/aromatic N) is 2. The van der Waals surface area contributed by atoms with Gasteiger partial charge in [-0.15, -0.1) is 6.58 Å². The second kappa shape index (κ2) is 5.08. The standard InChI is InChI=1S/C9H11N3O2/c1-2-7(6-13)12-9(14)8-5-10-3-4-11-8/h2-5,7,13H,1,6H2,(H,12,14). The van der Waals surface area contributed by atoms with Gasteiger partial charge < -0.3 is 10.4 Å². The van der Waals surface area contributed by atoms with E-state index in [1.807, 2.05) is 0 Å². The lowest BCUT2D eigenvalue weighted by Gasteiger charge is -2.10. The predicted molar refractivity (Wildman–Crippen MR) is 50.6 cm³/mol. The molecule has 1 aromatic rings. The van der Waals surface area contributed by atoms with E-state index in [2.05, 4.69) is 21.9 Å². The van der Waals surface area contributed by atoms with Crippen molar-refractivity contribution in [2.45, 2.75) is 6.04 Å². The van der Waals surface area contributed by atoms with Crippen LogP contribution in [0.3, 0.4) is 0 Å². The van der Waals surface area contributed by atoms with Gasteiger partial charge in [0.1, 0.15) is 5.69 Å².